The van der Waals surface area contributed by atoms with Gasteiger partial charge in [0.1, 0.15) is 12.2 Å². The molecule has 3 saturated carbocycles. The second-order valence-corrected chi connectivity index (χ2v) is 19.4. The van der Waals surface area contributed by atoms with E-state index < -0.39 is 68.9 Å². The Morgan fingerprint density at radius 2 is 1.63 bits per heavy atom. The van der Waals surface area contributed by atoms with E-state index in [2.05, 4.69) is 26.0 Å². The van der Waals surface area contributed by atoms with Crippen LogP contribution in [0.15, 0.2) is 58.5 Å². The van der Waals surface area contributed by atoms with Crippen molar-refractivity contribution in [3.8, 4) is 0 Å². The number of carbonyl (C=O) groups is 2. The first kappa shape index (κ1) is 40.7. The second-order valence-electron chi connectivity index (χ2n) is 17.3. The lowest BCUT2D eigenvalue weighted by molar-refractivity contribution is -0.197. The van der Waals surface area contributed by atoms with E-state index >= 15 is 0 Å². The zero-order chi connectivity index (χ0) is 39.2. The molecule has 12 heteroatoms. The normalized spacial score (nSPS) is 34.5. The lowest BCUT2D eigenvalue weighted by atomic mass is 9.49. The van der Waals surface area contributed by atoms with Crippen LogP contribution < -0.4 is 0 Å². The fraction of sp³-hybridized carbons (Fsp3) is 0.714. The van der Waals surface area contributed by atoms with Crippen molar-refractivity contribution in [3.05, 3.63) is 53.6 Å². The first-order chi connectivity index (χ1) is 25.5. The number of carbonyl (C=O) groups excluding carboxylic acids is 2. The molecule has 5 aliphatic rings. The van der Waals surface area contributed by atoms with E-state index in [9.17, 15) is 23.1 Å². The summed E-state index contributed by atoms with van der Waals surface area (Å²) in [5, 5.41) is 11.4. The SMILES string of the molecule is COC(=O)O[C@@H]1CC2=CC=C3[C@@H]4CC[C@H]([C@H](C)C(O)C([C@@H](C)C(C)(C)OC5CCCO5)S(=O)(=O)c5ccccc5)[C@@]4(C)CC[C@@H]3[C@@]2(C)[C@@H](OC(=O)OC)C1. The van der Waals surface area contributed by atoms with Crippen LogP contribution in [-0.2, 0) is 38.3 Å². The predicted octanol–water partition coefficient (Wildman–Crippen LogP) is 7.81. The molecule has 4 fully saturated rings. The molecule has 54 heavy (non-hydrogen) atoms. The van der Waals surface area contributed by atoms with Crippen LogP contribution in [0.1, 0.15) is 92.9 Å². The molecular weight excluding hydrogens is 713 g/mol. The number of fused-ring (bicyclic) bond motifs is 5. The molecule has 0 aromatic heterocycles. The third kappa shape index (κ3) is 7.25. The van der Waals surface area contributed by atoms with Crippen LogP contribution in [0.5, 0.6) is 0 Å². The Morgan fingerprint density at radius 1 is 0.944 bits per heavy atom. The number of hydrogen-bond acceptors (Lipinski definition) is 11. The summed E-state index contributed by atoms with van der Waals surface area (Å²) in [5.74, 6) is -0.598. The van der Waals surface area contributed by atoms with Crippen molar-refractivity contribution in [2.24, 2.45) is 40.4 Å². The molecule has 0 amide bonds. The summed E-state index contributed by atoms with van der Waals surface area (Å²) < 4.78 is 62.7. The molecule has 0 spiro atoms. The molecule has 1 aliphatic heterocycles. The highest BCUT2D eigenvalue weighted by Crippen LogP contribution is 2.66. The Morgan fingerprint density at radius 3 is 2.28 bits per heavy atom. The molecular formula is C42H60O11S. The zero-order valence-electron chi connectivity index (χ0n) is 33.1. The summed E-state index contributed by atoms with van der Waals surface area (Å²) in [6.07, 6.45) is 5.97. The number of allylic oxidation sites excluding steroid dienone is 3. The molecule has 1 aromatic rings. The fourth-order valence-electron chi connectivity index (χ4n) is 11.1. The Kier molecular flexibility index (Phi) is 11.7. The molecule has 0 bridgehead atoms. The van der Waals surface area contributed by atoms with E-state index in [4.69, 9.17) is 28.4 Å². The molecule has 11 nitrogen and oxygen atoms in total. The summed E-state index contributed by atoms with van der Waals surface area (Å²) in [6.45, 7) is 12.8. The van der Waals surface area contributed by atoms with Crippen LogP contribution in [0, 0.1) is 40.4 Å². The minimum Gasteiger partial charge on any atom is -0.438 e. The van der Waals surface area contributed by atoms with Crippen LogP contribution in [0.4, 0.5) is 9.59 Å². The zero-order valence-corrected chi connectivity index (χ0v) is 33.9. The van der Waals surface area contributed by atoms with E-state index in [0.29, 0.717) is 19.4 Å². The number of rotatable bonds is 11. The maximum Gasteiger partial charge on any atom is 0.508 e. The highest BCUT2D eigenvalue weighted by atomic mass is 32.2. The van der Waals surface area contributed by atoms with Crippen LogP contribution in [0.3, 0.4) is 0 Å². The largest absolute Gasteiger partial charge is 0.508 e. The van der Waals surface area contributed by atoms with Crippen LogP contribution in [0.2, 0.25) is 0 Å². The van der Waals surface area contributed by atoms with Gasteiger partial charge in [0.05, 0.1) is 36.1 Å². The van der Waals surface area contributed by atoms with Gasteiger partial charge in [0, 0.05) is 37.2 Å². The third-order valence-corrected chi connectivity index (χ3v) is 16.7. The highest BCUT2D eigenvalue weighted by Gasteiger charge is 2.61. The molecule has 0 radical (unpaired) electrons. The first-order valence-corrected chi connectivity index (χ1v) is 21.2. The molecule has 4 aliphatic carbocycles. The average molecular weight is 773 g/mol. The van der Waals surface area contributed by atoms with Gasteiger partial charge in [-0.05, 0) is 87.2 Å². The highest BCUT2D eigenvalue weighted by molar-refractivity contribution is 7.92. The minimum atomic E-state index is -3.99. The Bertz CT molecular complexity index is 1700. The topological polar surface area (TPSA) is 144 Å². The van der Waals surface area contributed by atoms with Gasteiger partial charge >= 0.3 is 12.3 Å². The van der Waals surface area contributed by atoms with Gasteiger partial charge < -0.3 is 33.5 Å². The predicted molar refractivity (Wildman–Crippen MR) is 201 cm³/mol. The standard InChI is InChI=1S/C42H60O11S/c1-25(36(43)37(54(46,47)29-13-10-9-11-14-29)26(2)40(3,4)53-35-15-12-22-50-35)31-18-19-32-30-17-16-27-23-28(51-38(44)48-7)24-34(52-39(45)49-8)42(27,6)33(30)20-21-41(31,32)5/h9-11,13-14,16-17,25-26,28,31-37,43H,12,15,18-24H2,1-8H3/t25-,26+,28+,31+,32-,33-,34-,35?,36?,37?,41+,42-/m0/s1. The monoisotopic (exact) mass is 772 g/mol. The van der Waals surface area contributed by atoms with Gasteiger partial charge in [-0.15, -0.1) is 0 Å². The van der Waals surface area contributed by atoms with Crippen molar-refractivity contribution in [2.75, 3.05) is 20.8 Å². The van der Waals surface area contributed by atoms with E-state index in [-0.39, 0.29) is 34.0 Å². The van der Waals surface area contributed by atoms with Crippen molar-refractivity contribution < 1.29 is 51.5 Å². The van der Waals surface area contributed by atoms with Gasteiger partial charge in [0.25, 0.3) is 0 Å². The molecule has 6 rings (SSSR count). The van der Waals surface area contributed by atoms with Crippen LogP contribution in [-0.4, -0.2) is 82.1 Å². The Hall–Kier alpha value is -2.93. The van der Waals surface area contributed by atoms with Crippen molar-refractivity contribution >= 4 is 22.1 Å². The van der Waals surface area contributed by atoms with Gasteiger partial charge in [0.15, 0.2) is 16.1 Å². The lowest BCUT2D eigenvalue weighted by Crippen LogP contribution is -2.55. The maximum absolute atomic E-state index is 14.6. The van der Waals surface area contributed by atoms with Crippen molar-refractivity contribution in [1.29, 1.82) is 0 Å². The van der Waals surface area contributed by atoms with E-state index in [1.54, 1.807) is 30.3 Å². The number of benzene rings is 1. The molecule has 3 unspecified atom stereocenters. The van der Waals surface area contributed by atoms with Crippen molar-refractivity contribution in [2.45, 2.75) is 133 Å². The Balaban J connectivity index is 1.30. The lowest BCUT2D eigenvalue weighted by Gasteiger charge is -2.57. The van der Waals surface area contributed by atoms with Crippen molar-refractivity contribution in [1.82, 2.24) is 0 Å². The maximum atomic E-state index is 14.6. The number of methoxy groups -OCH3 is 2. The van der Waals surface area contributed by atoms with Crippen molar-refractivity contribution in [3.63, 3.8) is 0 Å². The Labute approximate surface area is 321 Å². The van der Waals surface area contributed by atoms with E-state index in [0.717, 1.165) is 44.1 Å². The molecule has 12 atom stereocenters. The second kappa shape index (κ2) is 15.5. The smallest absolute Gasteiger partial charge is 0.438 e. The van der Waals surface area contributed by atoms with Gasteiger partial charge in [0.2, 0.25) is 0 Å². The molecule has 300 valence electrons. The summed E-state index contributed by atoms with van der Waals surface area (Å²) in [7, 11) is -1.44. The van der Waals surface area contributed by atoms with E-state index in [1.165, 1.54) is 19.8 Å². The number of aliphatic hydroxyl groups excluding tert-OH is 1. The van der Waals surface area contributed by atoms with E-state index in [1.807, 2.05) is 27.7 Å². The number of ether oxygens (including phenoxy) is 6. The number of aliphatic hydroxyl groups is 1. The van der Waals surface area contributed by atoms with Crippen LogP contribution >= 0.6 is 0 Å². The van der Waals surface area contributed by atoms with Crippen LogP contribution in [0.25, 0.3) is 0 Å². The summed E-state index contributed by atoms with van der Waals surface area (Å²) in [6, 6.07) is 8.45. The summed E-state index contributed by atoms with van der Waals surface area (Å²) in [5.41, 5.74) is 0.708. The molecule has 1 N–H and O–H groups in total. The summed E-state index contributed by atoms with van der Waals surface area (Å²) >= 11 is 0. The third-order valence-electron chi connectivity index (χ3n) is 14.4. The van der Waals surface area contributed by atoms with Gasteiger partial charge in [-0.1, -0.05) is 69.2 Å². The van der Waals surface area contributed by atoms with Gasteiger partial charge in [-0.2, -0.15) is 0 Å². The summed E-state index contributed by atoms with van der Waals surface area (Å²) in [4.78, 5) is 24.8. The average Bonchev–Trinajstić information content (AvgIpc) is 3.78. The van der Waals surface area contributed by atoms with Gasteiger partial charge in [-0.25, -0.2) is 18.0 Å². The molecule has 1 saturated heterocycles. The fourth-order valence-corrected chi connectivity index (χ4v) is 13.4. The molecule has 1 aromatic carbocycles. The minimum absolute atomic E-state index is 0.0479. The quantitative estimate of drug-likeness (QED) is 0.220. The number of sulfone groups is 1. The molecule has 1 heterocycles. The van der Waals surface area contributed by atoms with Gasteiger partial charge in [-0.3, -0.25) is 0 Å². The number of hydrogen-bond donors (Lipinski definition) is 1. The first-order valence-electron chi connectivity index (χ1n) is 19.7.